The van der Waals surface area contributed by atoms with E-state index in [1.165, 1.54) is 10.5 Å². The number of urea groups is 1. The van der Waals surface area contributed by atoms with Crippen LogP contribution in [-0.2, 0) is 22.6 Å². The van der Waals surface area contributed by atoms with Gasteiger partial charge in [-0.1, -0.05) is 41.9 Å². The Kier molecular flexibility index (Phi) is 7.75. The number of aliphatic carboxylic acids is 1. The molecule has 3 aromatic carbocycles. The minimum atomic E-state index is -1.17. The minimum absolute atomic E-state index is 0.0583. The second-order valence-corrected chi connectivity index (χ2v) is 10.3. The first kappa shape index (κ1) is 27.2. The number of carboxylic acids is 1. The number of benzene rings is 3. The molecule has 0 aromatic heterocycles. The van der Waals surface area contributed by atoms with Crippen LogP contribution in [0.15, 0.2) is 60.7 Å². The summed E-state index contributed by atoms with van der Waals surface area (Å²) in [7, 11) is 0. The summed E-state index contributed by atoms with van der Waals surface area (Å²) in [5.74, 6) is -1.76. The Morgan fingerprint density at radius 2 is 1.75 bits per heavy atom. The number of nitrogens with zero attached hydrogens (tertiary/aromatic N) is 3. The SMILES string of the molecule is Cc1cc(C(=O)N2CCCCc3ccccc32)ccc1CNC(=O)N1CC(=O)N(CC(=O)O)c2cccc(Cl)c21. The number of carbonyl (C=O) groups is 4. The van der Waals surface area contributed by atoms with Crippen molar-refractivity contribution in [2.24, 2.45) is 0 Å². The van der Waals surface area contributed by atoms with Crippen molar-refractivity contribution in [1.29, 1.82) is 0 Å². The van der Waals surface area contributed by atoms with Crippen molar-refractivity contribution in [2.45, 2.75) is 32.7 Å². The number of nitrogens with one attached hydrogen (secondary N) is 1. The van der Waals surface area contributed by atoms with Crippen LogP contribution in [0.1, 0.15) is 39.9 Å². The number of fused-ring (bicyclic) bond motifs is 2. The zero-order valence-electron chi connectivity index (χ0n) is 22.0. The predicted octanol–water partition coefficient (Wildman–Crippen LogP) is 4.78. The van der Waals surface area contributed by atoms with Crippen LogP contribution in [0.5, 0.6) is 0 Å². The van der Waals surface area contributed by atoms with Gasteiger partial charge >= 0.3 is 12.0 Å². The van der Waals surface area contributed by atoms with E-state index in [0.29, 0.717) is 12.1 Å². The van der Waals surface area contributed by atoms with Crippen molar-refractivity contribution in [3.63, 3.8) is 0 Å². The first-order valence-electron chi connectivity index (χ1n) is 13.1. The normalized spacial score (nSPS) is 14.8. The summed E-state index contributed by atoms with van der Waals surface area (Å²) in [6.07, 6.45) is 2.92. The molecule has 0 bridgehead atoms. The van der Waals surface area contributed by atoms with Crippen molar-refractivity contribution < 1.29 is 24.3 Å². The summed E-state index contributed by atoms with van der Waals surface area (Å²) < 4.78 is 0. The molecule has 9 nitrogen and oxygen atoms in total. The lowest BCUT2D eigenvalue weighted by Crippen LogP contribution is -2.52. The van der Waals surface area contributed by atoms with Gasteiger partial charge < -0.3 is 15.3 Å². The molecule has 2 heterocycles. The summed E-state index contributed by atoms with van der Waals surface area (Å²) in [5.41, 5.74) is 4.90. The largest absolute Gasteiger partial charge is 0.480 e. The number of hydrogen-bond acceptors (Lipinski definition) is 4. The highest BCUT2D eigenvalue weighted by molar-refractivity contribution is 6.35. The van der Waals surface area contributed by atoms with Gasteiger partial charge in [0.15, 0.2) is 0 Å². The van der Waals surface area contributed by atoms with E-state index >= 15 is 0 Å². The van der Waals surface area contributed by atoms with Crippen LogP contribution in [-0.4, -0.2) is 48.6 Å². The monoisotopic (exact) mass is 560 g/mol. The van der Waals surface area contributed by atoms with Gasteiger partial charge in [-0.25, -0.2) is 4.79 Å². The standard InChI is InChI=1S/C30H29ClN4O5/c1-19-15-21(29(39)33-14-5-4-8-20-7-2-3-10-24(20)33)12-13-22(19)16-32-30(40)35-17-26(36)34(18-27(37)38)25-11-6-9-23(31)28(25)35/h2-3,6-7,9-13,15H,4-5,8,14,16-18H2,1H3,(H,32,40)(H,37,38). The third-order valence-electron chi connectivity index (χ3n) is 7.28. The van der Waals surface area contributed by atoms with Gasteiger partial charge in [0.2, 0.25) is 5.91 Å². The number of carbonyl (C=O) groups excluding carboxylic acids is 3. The summed E-state index contributed by atoms with van der Waals surface area (Å²) in [5, 5.41) is 12.3. The van der Waals surface area contributed by atoms with Gasteiger partial charge in [-0.3, -0.25) is 24.2 Å². The van der Waals surface area contributed by atoms with E-state index < -0.39 is 24.5 Å². The molecule has 0 saturated carbocycles. The Balaban J connectivity index is 1.31. The molecule has 0 spiro atoms. The van der Waals surface area contributed by atoms with E-state index in [2.05, 4.69) is 11.4 Å². The molecule has 4 amide bonds. The van der Waals surface area contributed by atoms with E-state index in [0.717, 1.165) is 41.0 Å². The quantitative estimate of drug-likeness (QED) is 0.467. The van der Waals surface area contributed by atoms with E-state index in [1.807, 2.05) is 42.2 Å². The molecule has 40 heavy (non-hydrogen) atoms. The third-order valence-corrected chi connectivity index (χ3v) is 7.59. The molecule has 0 atom stereocenters. The zero-order valence-corrected chi connectivity index (χ0v) is 22.8. The van der Waals surface area contributed by atoms with E-state index in [4.69, 9.17) is 11.6 Å². The highest BCUT2D eigenvalue weighted by Gasteiger charge is 2.35. The number of amides is 4. The Morgan fingerprint density at radius 3 is 2.52 bits per heavy atom. The zero-order chi connectivity index (χ0) is 28.4. The first-order chi connectivity index (χ1) is 19.2. The third kappa shape index (κ3) is 5.37. The lowest BCUT2D eigenvalue weighted by Gasteiger charge is -2.35. The maximum Gasteiger partial charge on any atom is 0.323 e. The number of rotatable bonds is 5. The first-order valence-corrected chi connectivity index (χ1v) is 13.5. The van der Waals surface area contributed by atoms with Crippen molar-refractivity contribution in [3.05, 3.63) is 87.9 Å². The van der Waals surface area contributed by atoms with Crippen LogP contribution in [0.4, 0.5) is 21.9 Å². The van der Waals surface area contributed by atoms with Crippen LogP contribution in [0.2, 0.25) is 5.02 Å². The van der Waals surface area contributed by atoms with E-state index in [-0.39, 0.29) is 35.4 Å². The smallest absolute Gasteiger partial charge is 0.323 e. The molecule has 2 aliphatic rings. The van der Waals surface area contributed by atoms with Gasteiger partial charge in [-0.05, 0) is 73.2 Å². The molecule has 5 rings (SSSR count). The van der Waals surface area contributed by atoms with Crippen LogP contribution in [0, 0.1) is 6.92 Å². The molecule has 0 aliphatic carbocycles. The predicted molar refractivity (Wildman–Crippen MR) is 153 cm³/mol. The maximum atomic E-state index is 13.5. The number of para-hydroxylation sites is 2. The Morgan fingerprint density at radius 1 is 0.975 bits per heavy atom. The highest BCUT2D eigenvalue weighted by Crippen LogP contribution is 2.39. The Hall–Kier alpha value is -4.37. The average Bonchev–Trinajstić information content (AvgIpc) is 3.15. The number of carboxylic acid groups (broad SMARTS) is 1. The Bertz CT molecular complexity index is 1510. The molecule has 0 fully saturated rings. The number of aryl methyl sites for hydroxylation is 2. The van der Waals surface area contributed by atoms with Crippen molar-refractivity contribution >= 4 is 52.5 Å². The fraction of sp³-hybridized carbons (Fsp3) is 0.267. The second kappa shape index (κ2) is 11.4. The summed E-state index contributed by atoms with van der Waals surface area (Å²) >= 11 is 6.38. The fourth-order valence-corrected chi connectivity index (χ4v) is 5.53. The van der Waals surface area contributed by atoms with Crippen molar-refractivity contribution in [3.8, 4) is 0 Å². The lowest BCUT2D eigenvalue weighted by atomic mass is 10.0. The second-order valence-electron chi connectivity index (χ2n) is 9.91. The molecule has 2 N–H and O–H groups in total. The van der Waals surface area contributed by atoms with E-state index in [9.17, 15) is 24.3 Å². The van der Waals surface area contributed by atoms with Gasteiger partial charge in [-0.15, -0.1) is 0 Å². The maximum absolute atomic E-state index is 13.5. The van der Waals surface area contributed by atoms with Crippen LogP contribution in [0.25, 0.3) is 0 Å². The number of hydrogen-bond donors (Lipinski definition) is 2. The van der Waals surface area contributed by atoms with Gasteiger partial charge in [-0.2, -0.15) is 0 Å². The van der Waals surface area contributed by atoms with Gasteiger partial charge in [0.1, 0.15) is 13.1 Å². The molecule has 10 heteroatoms. The highest BCUT2D eigenvalue weighted by atomic mass is 35.5. The molecular formula is C30H29ClN4O5. The average molecular weight is 561 g/mol. The molecule has 206 valence electrons. The topological polar surface area (TPSA) is 110 Å². The number of halogens is 1. The van der Waals surface area contributed by atoms with Gasteiger partial charge in [0, 0.05) is 24.3 Å². The summed E-state index contributed by atoms with van der Waals surface area (Å²) in [4.78, 5) is 54.9. The molecular weight excluding hydrogens is 532 g/mol. The van der Waals surface area contributed by atoms with Crippen molar-refractivity contribution in [2.75, 3.05) is 34.3 Å². The molecule has 2 aliphatic heterocycles. The molecule has 3 aromatic rings. The summed E-state index contributed by atoms with van der Waals surface area (Å²) in [6.45, 7) is 1.83. The minimum Gasteiger partial charge on any atom is -0.480 e. The van der Waals surface area contributed by atoms with Crippen molar-refractivity contribution in [1.82, 2.24) is 5.32 Å². The molecule has 0 radical (unpaired) electrons. The van der Waals surface area contributed by atoms with Crippen LogP contribution in [0.3, 0.4) is 0 Å². The van der Waals surface area contributed by atoms with Gasteiger partial charge in [0.25, 0.3) is 5.91 Å². The van der Waals surface area contributed by atoms with E-state index in [1.54, 1.807) is 24.3 Å². The lowest BCUT2D eigenvalue weighted by molar-refractivity contribution is -0.136. The molecule has 0 saturated heterocycles. The Labute approximate surface area is 236 Å². The van der Waals surface area contributed by atoms with Crippen LogP contribution < -0.4 is 20.0 Å². The molecule has 0 unspecified atom stereocenters. The number of anilines is 3. The van der Waals surface area contributed by atoms with Gasteiger partial charge in [0.05, 0.1) is 16.4 Å². The van der Waals surface area contributed by atoms with Crippen LogP contribution >= 0.6 is 11.6 Å². The summed E-state index contributed by atoms with van der Waals surface area (Å²) in [6, 6.07) is 17.6. The fourth-order valence-electron chi connectivity index (χ4n) is 5.26.